The highest BCUT2D eigenvalue weighted by atomic mass is 35.5. The van der Waals surface area contributed by atoms with Crippen molar-refractivity contribution in [3.63, 3.8) is 0 Å². The molecule has 0 amide bonds. The van der Waals surface area contributed by atoms with Crippen LogP contribution in [0.5, 0.6) is 0 Å². The van der Waals surface area contributed by atoms with E-state index in [0.29, 0.717) is 22.6 Å². The molecule has 3 aromatic rings. The maximum Gasteiger partial charge on any atom is 0.168 e. The van der Waals surface area contributed by atoms with Crippen LogP contribution in [0.15, 0.2) is 36.5 Å². The lowest BCUT2D eigenvalue weighted by Crippen LogP contribution is -1.90. The van der Waals surface area contributed by atoms with Crippen molar-refractivity contribution in [1.29, 1.82) is 5.26 Å². The van der Waals surface area contributed by atoms with E-state index in [4.69, 9.17) is 16.9 Å². The van der Waals surface area contributed by atoms with Crippen molar-refractivity contribution in [3.05, 3.63) is 52.9 Å². The van der Waals surface area contributed by atoms with Crippen LogP contribution in [0.25, 0.3) is 17.0 Å². The van der Waals surface area contributed by atoms with E-state index in [1.165, 1.54) is 12.1 Å². The zero-order chi connectivity index (χ0) is 13.4. The third kappa shape index (κ3) is 1.92. The molecule has 0 atom stereocenters. The number of halogens is 2. The molecule has 0 aliphatic carbocycles. The number of rotatable bonds is 1. The fourth-order valence-corrected chi connectivity index (χ4v) is 1.97. The first-order valence-electron chi connectivity index (χ1n) is 5.39. The van der Waals surface area contributed by atoms with Gasteiger partial charge in [0.2, 0.25) is 0 Å². The molecular weight excluding hydrogens is 267 g/mol. The van der Waals surface area contributed by atoms with Crippen LogP contribution < -0.4 is 0 Å². The maximum atomic E-state index is 13.1. The molecule has 0 saturated carbocycles. The van der Waals surface area contributed by atoms with Crippen LogP contribution in [0.4, 0.5) is 4.39 Å². The Morgan fingerprint density at radius 2 is 2.05 bits per heavy atom. The molecule has 0 spiro atoms. The Labute approximate surface area is 112 Å². The monoisotopic (exact) mass is 272 g/mol. The summed E-state index contributed by atoms with van der Waals surface area (Å²) >= 11 is 5.75. The third-order valence-electron chi connectivity index (χ3n) is 2.72. The lowest BCUT2D eigenvalue weighted by Gasteiger charge is -2.01. The Morgan fingerprint density at radius 3 is 2.79 bits per heavy atom. The molecule has 0 N–H and O–H groups in total. The summed E-state index contributed by atoms with van der Waals surface area (Å²) in [6.07, 6.45) is 1.69. The van der Waals surface area contributed by atoms with Gasteiger partial charge in [0.05, 0.1) is 16.7 Å². The summed E-state index contributed by atoms with van der Waals surface area (Å²) in [5, 5.41) is 16.9. The molecule has 1 aromatic carbocycles. The molecule has 19 heavy (non-hydrogen) atoms. The van der Waals surface area contributed by atoms with Gasteiger partial charge >= 0.3 is 0 Å². The molecule has 3 rings (SSSR count). The van der Waals surface area contributed by atoms with Crippen LogP contribution in [-0.2, 0) is 0 Å². The van der Waals surface area contributed by atoms with Crippen molar-refractivity contribution in [2.45, 2.75) is 0 Å². The number of nitrogens with zero attached hydrogens (tertiary/aromatic N) is 4. The molecule has 4 nitrogen and oxygen atoms in total. The van der Waals surface area contributed by atoms with Gasteiger partial charge in [-0.1, -0.05) is 11.6 Å². The third-order valence-corrected chi connectivity index (χ3v) is 3.01. The van der Waals surface area contributed by atoms with Crippen molar-refractivity contribution < 1.29 is 4.39 Å². The minimum Gasteiger partial charge on any atom is -0.282 e. The van der Waals surface area contributed by atoms with E-state index in [2.05, 4.69) is 10.2 Å². The number of nitriles is 1. The number of hydrogen-bond donors (Lipinski definition) is 0. The van der Waals surface area contributed by atoms with Crippen LogP contribution >= 0.6 is 11.6 Å². The molecule has 0 aliphatic rings. The summed E-state index contributed by atoms with van der Waals surface area (Å²) in [6.45, 7) is 0. The van der Waals surface area contributed by atoms with Crippen LogP contribution in [-0.4, -0.2) is 14.6 Å². The lowest BCUT2D eigenvalue weighted by molar-refractivity contribution is 0.628. The Kier molecular flexibility index (Phi) is 2.65. The minimum absolute atomic E-state index is 0.0305. The summed E-state index contributed by atoms with van der Waals surface area (Å²) in [4.78, 5) is 0. The van der Waals surface area contributed by atoms with E-state index >= 15 is 0 Å². The second-order valence-electron chi connectivity index (χ2n) is 3.91. The highest BCUT2D eigenvalue weighted by Crippen LogP contribution is 2.24. The molecule has 0 fully saturated rings. The molecule has 92 valence electrons. The Balaban J connectivity index is 2.20. The zero-order valence-electron chi connectivity index (χ0n) is 9.51. The maximum absolute atomic E-state index is 13.1. The molecule has 0 bridgehead atoms. The standard InChI is InChI=1S/C13H6ClFN4/c14-10-6-9(1-2-11(10)15)13-18-17-12-5-8(7-16)3-4-19(12)13/h1-6H. The van der Waals surface area contributed by atoms with Gasteiger partial charge in [0.1, 0.15) is 5.82 Å². The first-order valence-corrected chi connectivity index (χ1v) is 5.77. The lowest BCUT2D eigenvalue weighted by atomic mass is 10.2. The van der Waals surface area contributed by atoms with Crippen molar-refractivity contribution in [2.24, 2.45) is 0 Å². The number of benzene rings is 1. The van der Waals surface area contributed by atoms with Gasteiger partial charge in [0.25, 0.3) is 0 Å². The van der Waals surface area contributed by atoms with Crippen LogP contribution in [0.2, 0.25) is 5.02 Å². The van der Waals surface area contributed by atoms with E-state index in [9.17, 15) is 4.39 Å². The van der Waals surface area contributed by atoms with Gasteiger partial charge in [-0.2, -0.15) is 5.26 Å². The molecule has 6 heteroatoms. The average molecular weight is 273 g/mol. The second kappa shape index (κ2) is 4.34. The number of pyridine rings is 1. The largest absolute Gasteiger partial charge is 0.282 e. The summed E-state index contributed by atoms with van der Waals surface area (Å²) in [5.41, 5.74) is 1.71. The van der Waals surface area contributed by atoms with Gasteiger partial charge in [-0.05, 0) is 24.3 Å². The highest BCUT2D eigenvalue weighted by Gasteiger charge is 2.10. The minimum atomic E-state index is -0.481. The summed E-state index contributed by atoms with van der Waals surface area (Å²) in [7, 11) is 0. The molecular formula is C13H6ClFN4. The quantitative estimate of drug-likeness (QED) is 0.684. The summed E-state index contributed by atoms with van der Waals surface area (Å²) in [6, 6.07) is 9.67. The van der Waals surface area contributed by atoms with Crippen LogP contribution in [0, 0.1) is 17.1 Å². The number of aromatic nitrogens is 3. The zero-order valence-corrected chi connectivity index (χ0v) is 10.3. The first-order chi connectivity index (χ1) is 9.19. The van der Waals surface area contributed by atoms with Crippen molar-refractivity contribution in [2.75, 3.05) is 0 Å². The molecule has 0 saturated heterocycles. The van der Waals surface area contributed by atoms with Crippen molar-refractivity contribution in [1.82, 2.24) is 14.6 Å². The predicted molar refractivity (Wildman–Crippen MR) is 68.1 cm³/mol. The van der Waals surface area contributed by atoms with E-state index in [-0.39, 0.29) is 5.02 Å². The van der Waals surface area contributed by atoms with E-state index in [1.54, 1.807) is 28.8 Å². The van der Waals surface area contributed by atoms with Gasteiger partial charge in [-0.25, -0.2) is 4.39 Å². The Bertz CT molecular complexity index is 819. The van der Waals surface area contributed by atoms with Gasteiger partial charge < -0.3 is 0 Å². The van der Waals surface area contributed by atoms with Gasteiger partial charge in [-0.15, -0.1) is 10.2 Å². The summed E-state index contributed by atoms with van der Waals surface area (Å²) in [5.74, 6) is 0.0624. The highest BCUT2D eigenvalue weighted by molar-refractivity contribution is 6.31. The fourth-order valence-electron chi connectivity index (χ4n) is 1.79. The smallest absolute Gasteiger partial charge is 0.168 e. The molecule has 0 unspecified atom stereocenters. The predicted octanol–water partition coefficient (Wildman–Crippen LogP) is 3.06. The van der Waals surface area contributed by atoms with Gasteiger partial charge in [-0.3, -0.25) is 4.40 Å². The first kappa shape index (κ1) is 11.6. The molecule has 2 heterocycles. The van der Waals surface area contributed by atoms with Crippen molar-refractivity contribution in [3.8, 4) is 17.5 Å². The van der Waals surface area contributed by atoms with Gasteiger partial charge in [0.15, 0.2) is 11.5 Å². The molecule has 0 radical (unpaired) electrons. The Morgan fingerprint density at radius 1 is 1.21 bits per heavy atom. The van der Waals surface area contributed by atoms with E-state index < -0.39 is 5.82 Å². The van der Waals surface area contributed by atoms with Crippen LogP contribution in [0.3, 0.4) is 0 Å². The fraction of sp³-hybridized carbons (Fsp3) is 0. The topological polar surface area (TPSA) is 54.0 Å². The van der Waals surface area contributed by atoms with Crippen molar-refractivity contribution >= 4 is 17.2 Å². The summed E-state index contributed by atoms with van der Waals surface area (Å²) < 4.78 is 14.9. The average Bonchev–Trinajstić information content (AvgIpc) is 2.84. The van der Waals surface area contributed by atoms with Gasteiger partial charge in [0, 0.05) is 17.8 Å². The second-order valence-corrected chi connectivity index (χ2v) is 4.32. The molecule has 0 aliphatic heterocycles. The SMILES string of the molecule is N#Cc1ccn2c(-c3ccc(F)c(Cl)c3)nnc2c1. The van der Waals surface area contributed by atoms with E-state index in [0.717, 1.165) is 0 Å². The number of fused-ring (bicyclic) bond motifs is 1. The molecule has 2 aromatic heterocycles. The normalized spacial score (nSPS) is 10.6. The number of hydrogen-bond acceptors (Lipinski definition) is 3. The Hall–Kier alpha value is -2.45. The van der Waals surface area contributed by atoms with Crippen LogP contribution in [0.1, 0.15) is 5.56 Å². The van der Waals surface area contributed by atoms with E-state index in [1.807, 2.05) is 6.07 Å².